The molecule has 0 aliphatic rings. The summed E-state index contributed by atoms with van der Waals surface area (Å²) in [4.78, 5) is 0.336. The van der Waals surface area contributed by atoms with Crippen molar-refractivity contribution in [2.45, 2.75) is 38.1 Å². The molecule has 0 aliphatic heterocycles. The third kappa shape index (κ3) is 3.56. The molecule has 0 spiro atoms. The summed E-state index contributed by atoms with van der Waals surface area (Å²) in [6.45, 7) is 6.77. The van der Waals surface area contributed by atoms with Crippen molar-refractivity contribution in [3.63, 3.8) is 0 Å². The minimum absolute atomic E-state index is 0.332. The van der Waals surface area contributed by atoms with Crippen LogP contribution >= 0.6 is 0 Å². The second-order valence-corrected chi connectivity index (χ2v) is 7.62. The number of nitrogens with zero attached hydrogens (tertiary/aromatic N) is 3. The van der Waals surface area contributed by atoms with Crippen LogP contribution in [0.4, 0.5) is 0 Å². The summed E-state index contributed by atoms with van der Waals surface area (Å²) in [5.74, 6) is 0.384. The van der Waals surface area contributed by atoms with Gasteiger partial charge in [-0.05, 0) is 23.6 Å². The van der Waals surface area contributed by atoms with Crippen LogP contribution in [0, 0.1) is 0 Å². The number of aryl methyl sites for hydroxylation is 1. The first-order valence-corrected chi connectivity index (χ1v) is 8.86. The maximum absolute atomic E-state index is 12.8. The normalized spacial score (nSPS) is 12.3. The lowest BCUT2D eigenvalue weighted by molar-refractivity contribution is 0.423. The van der Waals surface area contributed by atoms with E-state index in [0.29, 0.717) is 23.9 Å². The maximum Gasteiger partial charge on any atom is 0.243 e. The SMILES string of the molecule is CCN(Cc1cnn(C)c1)S(=O)(=O)c1ccc(C(C)C)cc1. The highest BCUT2D eigenvalue weighted by Crippen LogP contribution is 2.21. The highest BCUT2D eigenvalue weighted by molar-refractivity contribution is 7.89. The molecule has 0 unspecified atom stereocenters. The van der Waals surface area contributed by atoms with Crippen molar-refractivity contribution in [1.29, 1.82) is 0 Å². The van der Waals surface area contributed by atoms with E-state index in [4.69, 9.17) is 0 Å². The topological polar surface area (TPSA) is 55.2 Å². The van der Waals surface area contributed by atoms with Crippen LogP contribution in [0.1, 0.15) is 37.8 Å². The molecule has 0 bridgehead atoms. The smallest absolute Gasteiger partial charge is 0.243 e. The predicted octanol–water partition coefficient (Wildman–Crippen LogP) is 2.75. The van der Waals surface area contributed by atoms with Gasteiger partial charge in [0.1, 0.15) is 0 Å². The van der Waals surface area contributed by atoms with Crippen LogP contribution in [-0.2, 0) is 23.6 Å². The highest BCUT2D eigenvalue weighted by Gasteiger charge is 2.23. The lowest BCUT2D eigenvalue weighted by Gasteiger charge is -2.20. The van der Waals surface area contributed by atoms with E-state index >= 15 is 0 Å². The van der Waals surface area contributed by atoms with Crippen molar-refractivity contribution in [3.8, 4) is 0 Å². The van der Waals surface area contributed by atoms with Crippen molar-refractivity contribution in [1.82, 2.24) is 14.1 Å². The summed E-state index contributed by atoms with van der Waals surface area (Å²) >= 11 is 0. The summed E-state index contributed by atoms with van der Waals surface area (Å²) in [6, 6.07) is 7.15. The molecule has 0 atom stereocenters. The summed E-state index contributed by atoms with van der Waals surface area (Å²) in [6.07, 6.45) is 3.53. The average Bonchev–Trinajstić information content (AvgIpc) is 2.90. The van der Waals surface area contributed by atoms with Crippen molar-refractivity contribution in [2.24, 2.45) is 7.05 Å². The Morgan fingerprint density at radius 3 is 2.32 bits per heavy atom. The Labute approximate surface area is 132 Å². The fourth-order valence-corrected chi connectivity index (χ4v) is 3.73. The second-order valence-electron chi connectivity index (χ2n) is 5.68. The van der Waals surface area contributed by atoms with Gasteiger partial charge < -0.3 is 0 Å². The van der Waals surface area contributed by atoms with Gasteiger partial charge in [0.25, 0.3) is 0 Å². The molecule has 0 saturated carbocycles. The summed E-state index contributed by atoms with van der Waals surface area (Å²) < 4.78 is 28.6. The first kappa shape index (κ1) is 16.7. The third-order valence-electron chi connectivity index (χ3n) is 3.65. The van der Waals surface area contributed by atoms with Crippen LogP contribution in [0.5, 0.6) is 0 Å². The molecule has 5 nitrogen and oxygen atoms in total. The molecule has 0 saturated heterocycles. The molecule has 6 heteroatoms. The van der Waals surface area contributed by atoms with Gasteiger partial charge in [-0.1, -0.05) is 32.9 Å². The Balaban J connectivity index is 2.26. The molecule has 1 aromatic heterocycles. The lowest BCUT2D eigenvalue weighted by Crippen LogP contribution is -2.30. The van der Waals surface area contributed by atoms with Crippen molar-refractivity contribution < 1.29 is 8.42 Å². The van der Waals surface area contributed by atoms with E-state index in [1.165, 1.54) is 4.31 Å². The summed E-state index contributed by atoms with van der Waals surface area (Å²) in [5.41, 5.74) is 2.01. The molecule has 120 valence electrons. The molecular formula is C16H23N3O2S. The van der Waals surface area contributed by atoms with Gasteiger partial charge in [-0.3, -0.25) is 4.68 Å². The van der Waals surface area contributed by atoms with Crippen molar-refractivity contribution in [3.05, 3.63) is 47.8 Å². The van der Waals surface area contributed by atoms with E-state index < -0.39 is 10.0 Å². The zero-order valence-corrected chi connectivity index (χ0v) is 14.3. The van der Waals surface area contributed by atoms with Gasteiger partial charge in [-0.2, -0.15) is 9.40 Å². The maximum atomic E-state index is 12.8. The molecule has 0 radical (unpaired) electrons. The van der Waals surface area contributed by atoms with E-state index in [-0.39, 0.29) is 0 Å². The predicted molar refractivity (Wildman–Crippen MR) is 87.0 cm³/mol. The molecule has 0 N–H and O–H groups in total. The standard InChI is InChI=1S/C16H23N3O2S/c1-5-19(12-14-10-17-18(4)11-14)22(20,21)16-8-6-15(7-9-16)13(2)3/h6-11,13H,5,12H2,1-4H3. The number of hydrogen-bond donors (Lipinski definition) is 0. The number of aromatic nitrogens is 2. The van der Waals surface area contributed by atoms with E-state index in [9.17, 15) is 8.42 Å². The zero-order chi connectivity index (χ0) is 16.3. The number of rotatable bonds is 6. The average molecular weight is 321 g/mol. The minimum Gasteiger partial charge on any atom is -0.275 e. The van der Waals surface area contributed by atoms with Crippen LogP contribution < -0.4 is 0 Å². The molecule has 1 heterocycles. The van der Waals surface area contributed by atoms with E-state index in [1.807, 2.05) is 32.3 Å². The van der Waals surface area contributed by atoms with Crippen LogP contribution in [-0.4, -0.2) is 29.0 Å². The minimum atomic E-state index is -3.49. The Hall–Kier alpha value is -1.66. The molecule has 2 aromatic rings. The largest absolute Gasteiger partial charge is 0.275 e. The van der Waals surface area contributed by atoms with Crippen molar-refractivity contribution >= 4 is 10.0 Å². The Bertz CT molecular complexity index is 718. The van der Waals surface area contributed by atoms with E-state index in [0.717, 1.165) is 11.1 Å². The third-order valence-corrected chi connectivity index (χ3v) is 5.59. The lowest BCUT2D eigenvalue weighted by atomic mass is 10.0. The first-order chi connectivity index (χ1) is 10.3. The van der Waals surface area contributed by atoms with Gasteiger partial charge in [0.2, 0.25) is 10.0 Å². The number of benzene rings is 1. The van der Waals surface area contributed by atoms with Crippen LogP contribution in [0.25, 0.3) is 0 Å². The molecule has 2 rings (SSSR count). The molecular weight excluding hydrogens is 298 g/mol. The number of hydrogen-bond acceptors (Lipinski definition) is 3. The quantitative estimate of drug-likeness (QED) is 0.822. The molecule has 22 heavy (non-hydrogen) atoms. The first-order valence-electron chi connectivity index (χ1n) is 7.42. The molecule has 0 aliphatic carbocycles. The second kappa shape index (κ2) is 6.62. The summed E-state index contributed by atoms with van der Waals surface area (Å²) in [5, 5.41) is 4.08. The fraction of sp³-hybridized carbons (Fsp3) is 0.438. The Morgan fingerprint density at radius 1 is 1.23 bits per heavy atom. The van der Waals surface area contributed by atoms with E-state index in [1.54, 1.807) is 23.0 Å². The molecule has 0 amide bonds. The number of sulfonamides is 1. The monoisotopic (exact) mass is 321 g/mol. The zero-order valence-electron chi connectivity index (χ0n) is 13.5. The van der Waals surface area contributed by atoms with Gasteiger partial charge in [-0.25, -0.2) is 8.42 Å². The summed E-state index contributed by atoms with van der Waals surface area (Å²) in [7, 11) is -1.67. The van der Waals surface area contributed by atoms with Crippen molar-refractivity contribution in [2.75, 3.05) is 6.54 Å². The van der Waals surface area contributed by atoms with Gasteiger partial charge in [0.05, 0.1) is 11.1 Å². The van der Waals surface area contributed by atoms with Gasteiger partial charge in [0.15, 0.2) is 0 Å². The Morgan fingerprint density at radius 2 is 1.86 bits per heavy atom. The fourth-order valence-electron chi connectivity index (χ4n) is 2.30. The van der Waals surface area contributed by atoms with Crippen LogP contribution in [0.15, 0.2) is 41.6 Å². The molecule has 1 aromatic carbocycles. The van der Waals surface area contributed by atoms with E-state index in [2.05, 4.69) is 18.9 Å². The van der Waals surface area contributed by atoms with Crippen LogP contribution in [0.2, 0.25) is 0 Å². The van der Waals surface area contributed by atoms with Gasteiger partial charge in [0, 0.05) is 31.9 Å². The molecule has 0 fully saturated rings. The Kier molecular flexibility index (Phi) is 5.03. The van der Waals surface area contributed by atoms with Gasteiger partial charge >= 0.3 is 0 Å². The van der Waals surface area contributed by atoms with Crippen LogP contribution in [0.3, 0.4) is 0 Å². The van der Waals surface area contributed by atoms with Gasteiger partial charge in [-0.15, -0.1) is 0 Å². The highest BCUT2D eigenvalue weighted by atomic mass is 32.2.